The molecule has 0 unspecified atom stereocenters. The minimum Gasteiger partial charge on any atom is -0.495 e. The summed E-state index contributed by atoms with van der Waals surface area (Å²) in [7, 11) is 1.50. The fourth-order valence-electron chi connectivity index (χ4n) is 1.77. The number of nitrogens with one attached hydrogen (secondary N) is 1. The van der Waals surface area contributed by atoms with Crippen molar-refractivity contribution in [3.8, 4) is 5.75 Å². The number of pyridine rings is 1. The highest BCUT2D eigenvalue weighted by Gasteiger charge is 2.08. The lowest BCUT2D eigenvalue weighted by atomic mass is 10.1. The maximum atomic E-state index is 13.8. The summed E-state index contributed by atoms with van der Waals surface area (Å²) in [6.45, 7) is 2.47. The van der Waals surface area contributed by atoms with Gasteiger partial charge in [0.1, 0.15) is 11.6 Å². The average molecular weight is 261 g/mol. The van der Waals surface area contributed by atoms with Gasteiger partial charge in [0.25, 0.3) is 0 Å². The third kappa shape index (κ3) is 2.93. The van der Waals surface area contributed by atoms with Crippen LogP contribution in [-0.4, -0.2) is 12.1 Å². The second kappa shape index (κ2) is 5.56. The lowest BCUT2D eigenvalue weighted by molar-refractivity contribution is 0.416. The quantitative estimate of drug-likeness (QED) is 0.831. The number of rotatable bonds is 4. The molecule has 2 rings (SSSR count). The van der Waals surface area contributed by atoms with Crippen molar-refractivity contribution < 1.29 is 9.13 Å². The first kappa shape index (κ1) is 13.1. The number of ether oxygens (including phenoxy) is 1. The smallest absolute Gasteiger partial charge is 0.148 e. The Morgan fingerprint density at radius 2 is 2.21 bits per heavy atom. The van der Waals surface area contributed by atoms with Gasteiger partial charge in [-0.1, -0.05) is 0 Å². The van der Waals surface area contributed by atoms with E-state index in [-0.39, 0.29) is 5.69 Å². The molecule has 0 fully saturated rings. The van der Waals surface area contributed by atoms with E-state index in [0.29, 0.717) is 18.0 Å². The number of aromatic nitrogens is 1. The molecule has 0 aliphatic rings. The molecule has 0 atom stereocenters. The molecule has 4 nitrogen and oxygen atoms in total. The lowest BCUT2D eigenvalue weighted by Gasteiger charge is -2.12. The van der Waals surface area contributed by atoms with E-state index in [1.807, 2.05) is 13.0 Å². The Balaban J connectivity index is 2.18. The number of anilines is 2. The number of aryl methyl sites for hydroxylation is 1. The summed E-state index contributed by atoms with van der Waals surface area (Å²) < 4.78 is 18.8. The number of nitrogen functional groups attached to an aromatic ring is 1. The van der Waals surface area contributed by atoms with Gasteiger partial charge in [-0.05, 0) is 24.1 Å². The van der Waals surface area contributed by atoms with Crippen molar-refractivity contribution in [1.82, 2.24) is 4.98 Å². The number of benzene rings is 1. The minimum atomic E-state index is -0.398. The molecule has 0 aliphatic heterocycles. The van der Waals surface area contributed by atoms with Crippen molar-refractivity contribution in [2.24, 2.45) is 0 Å². The van der Waals surface area contributed by atoms with Gasteiger partial charge in [-0.3, -0.25) is 4.98 Å². The van der Waals surface area contributed by atoms with Gasteiger partial charge in [0.05, 0.1) is 18.5 Å². The Kier molecular flexibility index (Phi) is 3.85. The highest BCUT2D eigenvalue weighted by molar-refractivity contribution is 5.62. The number of hydrogen-bond donors (Lipinski definition) is 2. The van der Waals surface area contributed by atoms with Crippen molar-refractivity contribution in [2.75, 3.05) is 18.2 Å². The number of nitrogens with two attached hydrogens (primary N) is 1. The van der Waals surface area contributed by atoms with Crippen LogP contribution in [0.5, 0.6) is 5.75 Å². The fraction of sp³-hybridized carbons (Fsp3) is 0.214. The third-order valence-corrected chi connectivity index (χ3v) is 2.93. The Hall–Kier alpha value is -2.30. The monoisotopic (exact) mass is 261 g/mol. The second-order valence-electron chi connectivity index (χ2n) is 4.23. The molecule has 19 heavy (non-hydrogen) atoms. The number of halogens is 1. The molecule has 5 heteroatoms. The van der Waals surface area contributed by atoms with E-state index in [1.165, 1.54) is 13.2 Å². The molecule has 1 aromatic heterocycles. The van der Waals surface area contributed by atoms with Crippen molar-refractivity contribution >= 4 is 11.4 Å². The average Bonchev–Trinajstić information content (AvgIpc) is 2.39. The minimum absolute atomic E-state index is 0.283. The van der Waals surface area contributed by atoms with Crippen LogP contribution >= 0.6 is 0 Å². The van der Waals surface area contributed by atoms with E-state index in [1.54, 1.807) is 18.5 Å². The molecule has 2 aromatic rings. The molecule has 0 radical (unpaired) electrons. The van der Waals surface area contributed by atoms with Gasteiger partial charge in [-0.2, -0.15) is 0 Å². The van der Waals surface area contributed by atoms with Crippen LogP contribution in [-0.2, 0) is 6.54 Å². The van der Waals surface area contributed by atoms with E-state index in [2.05, 4.69) is 10.3 Å². The van der Waals surface area contributed by atoms with Crippen LogP contribution in [0.1, 0.15) is 11.1 Å². The molecule has 0 saturated heterocycles. The summed E-state index contributed by atoms with van der Waals surface area (Å²) in [6, 6.07) is 4.70. The van der Waals surface area contributed by atoms with Gasteiger partial charge in [-0.15, -0.1) is 0 Å². The highest BCUT2D eigenvalue weighted by atomic mass is 19.1. The van der Waals surface area contributed by atoms with Gasteiger partial charge in [0.2, 0.25) is 0 Å². The maximum absolute atomic E-state index is 13.8. The van der Waals surface area contributed by atoms with Gasteiger partial charge < -0.3 is 15.8 Å². The first-order chi connectivity index (χ1) is 9.11. The van der Waals surface area contributed by atoms with Crippen LogP contribution in [0.15, 0.2) is 30.6 Å². The molecule has 0 bridgehead atoms. The molecule has 100 valence electrons. The summed E-state index contributed by atoms with van der Waals surface area (Å²) in [5.74, 6) is 0.0559. The standard InChI is InChI=1S/C14H16FN3O/c1-9-7-17-4-3-10(9)8-18-13-6-14(19-2)12(16)5-11(13)15/h3-7,18H,8,16H2,1-2H3. The van der Waals surface area contributed by atoms with Crippen molar-refractivity contribution in [1.29, 1.82) is 0 Å². The number of hydrogen-bond acceptors (Lipinski definition) is 4. The van der Waals surface area contributed by atoms with Gasteiger partial charge in [-0.25, -0.2) is 4.39 Å². The molecule has 1 aromatic carbocycles. The van der Waals surface area contributed by atoms with Crippen LogP contribution in [0, 0.1) is 12.7 Å². The molecular weight excluding hydrogens is 245 g/mol. The Labute approximate surface area is 111 Å². The topological polar surface area (TPSA) is 60.2 Å². The SMILES string of the molecule is COc1cc(NCc2ccncc2C)c(F)cc1N. The van der Waals surface area contributed by atoms with E-state index in [9.17, 15) is 4.39 Å². The zero-order chi connectivity index (χ0) is 13.8. The highest BCUT2D eigenvalue weighted by Crippen LogP contribution is 2.28. The summed E-state index contributed by atoms with van der Waals surface area (Å²) in [4.78, 5) is 4.02. The molecule has 1 heterocycles. The molecule has 0 amide bonds. The molecular formula is C14H16FN3O. The van der Waals surface area contributed by atoms with Crippen LogP contribution in [0.4, 0.5) is 15.8 Å². The zero-order valence-electron chi connectivity index (χ0n) is 10.9. The van der Waals surface area contributed by atoms with Gasteiger partial charge in [0, 0.05) is 31.1 Å². The van der Waals surface area contributed by atoms with E-state index in [4.69, 9.17) is 10.5 Å². The second-order valence-corrected chi connectivity index (χ2v) is 4.23. The van der Waals surface area contributed by atoms with Crippen molar-refractivity contribution in [3.05, 3.63) is 47.5 Å². The number of methoxy groups -OCH3 is 1. The van der Waals surface area contributed by atoms with Crippen LogP contribution in [0.3, 0.4) is 0 Å². The summed E-state index contributed by atoms with van der Waals surface area (Å²) in [5.41, 5.74) is 8.39. The Morgan fingerprint density at radius 3 is 2.89 bits per heavy atom. The van der Waals surface area contributed by atoms with E-state index >= 15 is 0 Å². The first-order valence-electron chi connectivity index (χ1n) is 5.88. The normalized spacial score (nSPS) is 10.3. The predicted octanol–water partition coefficient (Wildman–Crippen LogP) is 2.73. The molecule has 0 spiro atoms. The predicted molar refractivity (Wildman–Crippen MR) is 73.7 cm³/mol. The van der Waals surface area contributed by atoms with Crippen molar-refractivity contribution in [2.45, 2.75) is 13.5 Å². The summed E-state index contributed by atoms with van der Waals surface area (Å²) >= 11 is 0. The molecule has 3 N–H and O–H groups in total. The lowest BCUT2D eigenvalue weighted by Crippen LogP contribution is -2.04. The fourth-order valence-corrected chi connectivity index (χ4v) is 1.77. The van der Waals surface area contributed by atoms with Crippen molar-refractivity contribution in [3.63, 3.8) is 0 Å². The van der Waals surface area contributed by atoms with E-state index in [0.717, 1.165) is 11.1 Å². The Bertz CT molecular complexity index is 587. The van der Waals surface area contributed by atoms with Gasteiger partial charge >= 0.3 is 0 Å². The summed E-state index contributed by atoms with van der Waals surface area (Å²) in [5, 5.41) is 3.03. The number of nitrogens with zero attached hydrogens (tertiary/aromatic N) is 1. The zero-order valence-corrected chi connectivity index (χ0v) is 10.9. The molecule has 0 saturated carbocycles. The summed E-state index contributed by atoms with van der Waals surface area (Å²) in [6.07, 6.45) is 3.49. The first-order valence-corrected chi connectivity index (χ1v) is 5.88. The largest absolute Gasteiger partial charge is 0.495 e. The van der Waals surface area contributed by atoms with Crippen LogP contribution in [0.25, 0.3) is 0 Å². The third-order valence-electron chi connectivity index (χ3n) is 2.93. The van der Waals surface area contributed by atoms with E-state index < -0.39 is 5.82 Å². The van der Waals surface area contributed by atoms with Crippen LogP contribution < -0.4 is 15.8 Å². The van der Waals surface area contributed by atoms with Crippen LogP contribution in [0.2, 0.25) is 0 Å². The maximum Gasteiger partial charge on any atom is 0.148 e. The van der Waals surface area contributed by atoms with Gasteiger partial charge in [0.15, 0.2) is 0 Å². The Morgan fingerprint density at radius 1 is 1.42 bits per heavy atom. The molecule has 0 aliphatic carbocycles.